The highest BCUT2D eigenvalue weighted by atomic mass is 16.7. The molecule has 0 saturated heterocycles. The van der Waals surface area contributed by atoms with Crippen molar-refractivity contribution in [2.24, 2.45) is 5.16 Å². The van der Waals surface area contributed by atoms with E-state index in [-0.39, 0.29) is 0 Å². The lowest BCUT2D eigenvalue weighted by Crippen LogP contribution is -2.32. The molecule has 3 aromatic carbocycles. The normalized spacial score (nSPS) is 15.0. The van der Waals surface area contributed by atoms with Crippen LogP contribution >= 0.6 is 0 Å². The third-order valence-electron chi connectivity index (χ3n) is 6.05. The predicted octanol–water partition coefficient (Wildman–Crippen LogP) is 4.67. The van der Waals surface area contributed by atoms with E-state index in [1.54, 1.807) is 18.1 Å². The van der Waals surface area contributed by atoms with Gasteiger partial charge in [0.2, 0.25) is 6.23 Å². The number of nitrogens with zero attached hydrogens (tertiary/aromatic N) is 7. The summed E-state index contributed by atoms with van der Waals surface area (Å²) in [5.74, 6) is 2.19. The largest absolute Gasteiger partial charge is 0.497 e. The molecule has 9 heteroatoms. The number of aryl methyl sites for hydroxylation is 1. The number of rotatable bonds is 6. The van der Waals surface area contributed by atoms with Gasteiger partial charge in [-0.15, -0.1) is 0 Å². The van der Waals surface area contributed by atoms with Gasteiger partial charge in [0, 0.05) is 11.3 Å². The summed E-state index contributed by atoms with van der Waals surface area (Å²) < 4.78 is 8.91. The average Bonchev–Trinajstić information content (AvgIpc) is 3.68. The highest BCUT2D eigenvalue weighted by molar-refractivity contribution is 6.10. The fourth-order valence-electron chi connectivity index (χ4n) is 4.37. The minimum absolute atomic E-state index is 0.582. The van der Waals surface area contributed by atoms with Gasteiger partial charge in [0.15, 0.2) is 11.7 Å². The standard InChI is InChI=1S/C27H23N7O2/c1-19-24(26(32-18-28-17-29-32)34(30-19)22-11-7-4-8-12-22)27-33(21-9-5-3-6-10-21)25(31-36-27)20-13-15-23(35-2)16-14-20/h3-18,27H,1-2H3. The molecule has 0 fully saturated rings. The van der Waals surface area contributed by atoms with E-state index in [1.165, 1.54) is 6.33 Å². The number of benzene rings is 3. The van der Waals surface area contributed by atoms with Gasteiger partial charge in [-0.1, -0.05) is 41.6 Å². The molecule has 9 nitrogen and oxygen atoms in total. The summed E-state index contributed by atoms with van der Waals surface area (Å²) >= 11 is 0. The van der Waals surface area contributed by atoms with E-state index < -0.39 is 6.23 Å². The topological polar surface area (TPSA) is 82.6 Å². The Bertz CT molecular complexity index is 1500. The first-order valence-electron chi connectivity index (χ1n) is 11.5. The van der Waals surface area contributed by atoms with Gasteiger partial charge in [-0.2, -0.15) is 10.2 Å². The lowest BCUT2D eigenvalue weighted by molar-refractivity contribution is 0.0862. The molecule has 3 heterocycles. The van der Waals surface area contributed by atoms with Crippen LogP contribution in [0.3, 0.4) is 0 Å². The number of amidine groups is 1. The maximum Gasteiger partial charge on any atom is 0.237 e. The van der Waals surface area contributed by atoms with Crippen LogP contribution in [0.15, 0.2) is 103 Å². The maximum absolute atomic E-state index is 6.17. The SMILES string of the molecule is COc1ccc(C2=NOC(c3c(C)nn(-c4ccccc4)c3-n3cncn3)N2c2ccccc2)cc1. The molecule has 0 amide bonds. The fourth-order valence-corrected chi connectivity index (χ4v) is 4.37. The van der Waals surface area contributed by atoms with Crippen LogP contribution in [0.1, 0.15) is 23.0 Å². The number of hydrogen-bond donors (Lipinski definition) is 0. The zero-order valence-electron chi connectivity index (χ0n) is 19.8. The second kappa shape index (κ2) is 9.03. The Labute approximate surface area is 207 Å². The van der Waals surface area contributed by atoms with Gasteiger partial charge < -0.3 is 9.57 Å². The molecular weight excluding hydrogens is 454 g/mol. The van der Waals surface area contributed by atoms with Crippen molar-refractivity contribution in [3.8, 4) is 17.3 Å². The van der Waals surface area contributed by atoms with Crippen molar-refractivity contribution in [2.45, 2.75) is 13.2 Å². The molecule has 5 aromatic rings. The highest BCUT2D eigenvalue weighted by Crippen LogP contribution is 2.39. The Morgan fingerprint density at radius 2 is 1.56 bits per heavy atom. The molecule has 0 spiro atoms. The van der Waals surface area contributed by atoms with Gasteiger partial charge in [-0.05, 0) is 55.5 Å². The van der Waals surface area contributed by atoms with Crippen molar-refractivity contribution in [3.63, 3.8) is 0 Å². The van der Waals surface area contributed by atoms with E-state index in [9.17, 15) is 0 Å². The number of aromatic nitrogens is 5. The maximum atomic E-state index is 6.17. The van der Waals surface area contributed by atoms with Crippen molar-refractivity contribution in [2.75, 3.05) is 12.0 Å². The second-order valence-electron chi connectivity index (χ2n) is 8.22. The van der Waals surface area contributed by atoms with E-state index in [0.717, 1.165) is 39.8 Å². The predicted molar refractivity (Wildman–Crippen MR) is 135 cm³/mol. The zero-order chi connectivity index (χ0) is 24.5. The van der Waals surface area contributed by atoms with Crippen LogP contribution in [0.4, 0.5) is 5.69 Å². The van der Waals surface area contributed by atoms with E-state index in [2.05, 4.69) is 20.1 Å². The van der Waals surface area contributed by atoms with Crippen molar-refractivity contribution in [3.05, 3.63) is 114 Å². The monoisotopic (exact) mass is 477 g/mol. The van der Waals surface area contributed by atoms with Crippen LogP contribution < -0.4 is 9.64 Å². The van der Waals surface area contributed by atoms with Crippen LogP contribution in [0.5, 0.6) is 5.75 Å². The molecule has 36 heavy (non-hydrogen) atoms. The average molecular weight is 478 g/mol. The summed E-state index contributed by atoms with van der Waals surface area (Å²) in [5.41, 5.74) is 4.36. The molecule has 6 rings (SSSR count). The number of para-hydroxylation sites is 2. The van der Waals surface area contributed by atoms with Crippen LogP contribution in [-0.4, -0.2) is 37.5 Å². The van der Waals surface area contributed by atoms with Gasteiger partial charge in [0.1, 0.15) is 18.4 Å². The summed E-state index contributed by atoms with van der Waals surface area (Å²) in [5, 5.41) is 13.9. The highest BCUT2D eigenvalue weighted by Gasteiger charge is 2.39. The Hall–Kier alpha value is -4.92. The molecule has 178 valence electrons. The van der Waals surface area contributed by atoms with Crippen molar-refractivity contribution in [1.82, 2.24) is 24.5 Å². The number of hydrogen-bond acceptors (Lipinski definition) is 7. The van der Waals surface area contributed by atoms with Crippen LogP contribution in [0.25, 0.3) is 11.5 Å². The molecule has 1 aliphatic heterocycles. The Balaban J connectivity index is 1.52. The first-order chi connectivity index (χ1) is 17.7. The molecule has 1 unspecified atom stereocenters. The second-order valence-corrected chi connectivity index (χ2v) is 8.22. The van der Waals surface area contributed by atoms with Gasteiger partial charge in [0.05, 0.1) is 24.1 Å². The molecule has 1 atom stereocenters. The van der Waals surface area contributed by atoms with E-state index in [4.69, 9.17) is 14.7 Å². The summed E-state index contributed by atoms with van der Waals surface area (Å²) in [6.07, 6.45) is 2.58. The molecule has 1 aliphatic rings. The van der Waals surface area contributed by atoms with Gasteiger partial charge in [-0.3, -0.25) is 4.90 Å². The van der Waals surface area contributed by atoms with Gasteiger partial charge >= 0.3 is 0 Å². The van der Waals surface area contributed by atoms with Crippen LogP contribution in [-0.2, 0) is 4.84 Å². The van der Waals surface area contributed by atoms with Crippen molar-refractivity contribution < 1.29 is 9.57 Å². The fraction of sp³-hybridized carbons (Fsp3) is 0.111. The molecule has 0 aliphatic carbocycles. The summed E-state index contributed by atoms with van der Waals surface area (Å²) in [7, 11) is 1.65. The summed E-state index contributed by atoms with van der Waals surface area (Å²) in [4.78, 5) is 12.4. The zero-order valence-corrected chi connectivity index (χ0v) is 19.8. The number of oxime groups is 1. The minimum atomic E-state index is -0.582. The van der Waals surface area contributed by atoms with Crippen molar-refractivity contribution in [1.29, 1.82) is 0 Å². The Morgan fingerprint density at radius 3 is 2.19 bits per heavy atom. The molecule has 0 bridgehead atoms. The van der Waals surface area contributed by atoms with Crippen LogP contribution in [0, 0.1) is 6.92 Å². The minimum Gasteiger partial charge on any atom is -0.497 e. The quantitative estimate of drug-likeness (QED) is 0.354. The first-order valence-corrected chi connectivity index (χ1v) is 11.5. The molecular formula is C27H23N7O2. The Morgan fingerprint density at radius 1 is 0.861 bits per heavy atom. The van der Waals surface area contributed by atoms with E-state index in [1.807, 2.05) is 96.5 Å². The van der Waals surface area contributed by atoms with E-state index in [0.29, 0.717) is 5.84 Å². The lowest BCUT2D eigenvalue weighted by atomic mass is 10.1. The number of methoxy groups -OCH3 is 1. The molecule has 2 aromatic heterocycles. The third kappa shape index (κ3) is 3.67. The third-order valence-corrected chi connectivity index (χ3v) is 6.05. The number of anilines is 1. The first kappa shape index (κ1) is 21.6. The summed E-state index contributed by atoms with van der Waals surface area (Å²) in [6.45, 7) is 1.97. The smallest absolute Gasteiger partial charge is 0.237 e. The molecule has 0 radical (unpaired) electrons. The molecule has 0 saturated carbocycles. The molecule has 0 N–H and O–H groups in total. The summed E-state index contributed by atoms with van der Waals surface area (Å²) in [6, 6.07) is 27.7. The number of ether oxygens (including phenoxy) is 1. The lowest BCUT2D eigenvalue weighted by Gasteiger charge is -2.26. The van der Waals surface area contributed by atoms with Gasteiger partial charge in [-0.25, -0.2) is 14.3 Å². The Kier molecular flexibility index (Phi) is 5.42. The van der Waals surface area contributed by atoms with E-state index >= 15 is 0 Å². The van der Waals surface area contributed by atoms with Gasteiger partial charge in [0.25, 0.3) is 0 Å². The van der Waals surface area contributed by atoms with Crippen LogP contribution in [0.2, 0.25) is 0 Å². The van der Waals surface area contributed by atoms with Crippen molar-refractivity contribution >= 4 is 11.5 Å².